The predicted molar refractivity (Wildman–Crippen MR) is 93.3 cm³/mol. The Balaban J connectivity index is 2.59. The van der Waals surface area contributed by atoms with Gasteiger partial charge in [-0.05, 0) is 33.1 Å². The Morgan fingerprint density at radius 1 is 1.17 bits per heavy atom. The number of rotatable bonds is 5. The SMILES string of the molecule is CC(C)C[C@H](NC(=O)N1CCN(C(C)(C)C)CC1)C(=O)NCC#N. The highest BCUT2D eigenvalue weighted by Crippen LogP contribution is 2.16. The van der Waals surface area contributed by atoms with Gasteiger partial charge in [-0.15, -0.1) is 0 Å². The zero-order valence-electron chi connectivity index (χ0n) is 15.6. The van der Waals surface area contributed by atoms with Gasteiger partial charge in [-0.3, -0.25) is 9.69 Å². The van der Waals surface area contributed by atoms with Crippen molar-refractivity contribution in [3.63, 3.8) is 0 Å². The van der Waals surface area contributed by atoms with Gasteiger partial charge in [0.1, 0.15) is 12.6 Å². The second kappa shape index (κ2) is 8.88. The molecule has 0 radical (unpaired) electrons. The number of nitrogens with zero attached hydrogens (tertiary/aromatic N) is 3. The number of nitriles is 1. The summed E-state index contributed by atoms with van der Waals surface area (Å²) in [5, 5.41) is 13.9. The van der Waals surface area contributed by atoms with E-state index in [0.29, 0.717) is 19.5 Å². The molecule has 0 saturated carbocycles. The Kier molecular flexibility index (Phi) is 7.49. The third kappa shape index (κ3) is 6.36. The fraction of sp³-hybridized carbons (Fsp3) is 0.824. The molecule has 1 aliphatic rings. The van der Waals surface area contributed by atoms with Crippen LogP contribution in [-0.2, 0) is 4.79 Å². The van der Waals surface area contributed by atoms with Gasteiger partial charge in [0.15, 0.2) is 0 Å². The molecule has 0 aromatic heterocycles. The zero-order valence-corrected chi connectivity index (χ0v) is 15.6. The molecule has 136 valence electrons. The van der Waals surface area contributed by atoms with Gasteiger partial charge in [0.25, 0.3) is 0 Å². The average molecular weight is 337 g/mol. The van der Waals surface area contributed by atoms with Gasteiger partial charge in [-0.2, -0.15) is 5.26 Å². The summed E-state index contributed by atoms with van der Waals surface area (Å²) in [5.41, 5.74) is 0.0971. The molecule has 1 aliphatic heterocycles. The van der Waals surface area contributed by atoms with Crippen molar-refractivity contribution < 1.29 is 9.59 Å². The summed E-state index contributed by atoms with van der Waals surface area (Å²) >= 11 is 0. The highest BCUT2D eigenvalue weighted by Gasteiger charge is 2.29. The van der Waals surface area contributed by atoms with E-state index in [9.17, 15) is 9.59 Å². The monoisotopic (exact) mass is 337 g/mol. The standard InChI is InChI=1S/C17H31N5O2/c1-13(2)12-14(15(23)19-7-6-18)20-16(24)21-8-10-22(11-9-21)17(3,4)5/h13-14H,7-12H2,1-5H3,(H,19,23)(H,20,24)/t14-/m0/s1. The Hall–Kier alpha value is -1.81. The normalized spacial score (nSPS) is 17.3. The lowest BCUT2D eigenvalue weighted by molar-refractivity contribution is -0.123. The molecular formula is C17H31N5O2. The van der Waals surface area contributed by atoms with Crippen LogP contribution < -0.4 is 10.6 Å². The summed E-state index contributed by atoms with van der Waals surface area (Å²) < 4.78 is 0. The largest absolute Gasteiger partial charge is 0.341 e. The quantitative estimate of drug-likeness (QED) is 0.737. The molecule has 0 aliphatic carbocycles. The van der Waals surface area contributed by atoms with Crippen LogP contribution in [0.15, 0.2) is 0 Å². The first-order valence-corrected chi connectivity index (χ1v) is 8.60. The summed E-state index contributed by atoms with van der Waals surface area (Å²) in [5.74, 6) is -0.0344. The van der Waals surface area contributed by atoms with E-state index in [1.165, 1.54) is 0 Å². The van der Waals surface area contributed by atoms with Crippen LogP contribution in [0.2, 0.25) is 0 Å². The van der Waals surface area contributed by atoms with Gasteiger partial charge in [0, 0.05) is 31.7 Å². The van der Waals surface area contributed by atoms with Crippen molar-refractivity contribution in [3.8, 4) is 6.07 Å². The molecule has 1 heterocycles. The molecule has 2 N–H and O–H groups in total. The number of nitrogens with one attached hydrogen (secondary N) is 2. The van der Waals surface area contributed by atoms with Gasteiger partial charge in [0.2, 0.25) is 5.91 Å². The van der Waals surface area contributed by atoms with E-state index >= 15 is 0 Å². The molecule has 1 fully saturated rings. The maximum atomic E-state index is 12.5. The highest BCUT2D eigenvalue weighted by atomic mass is 16.2. The molecular weight excluding hydrogens is 306 g/mol. The summed E-state index contributed by atoms with van der Waals surface area (Å²) in [6.07, 6.45) is 0.547. The first kappa shape index (κ1) is 20.2. The van der Waals surface area contributed by atoms with Crippen LogP contribution in [0.5, 0.6) is 0 Å². The molecule has 24 heavy (non-hydrogen) atoms. The van der Waals surface area contributed by atoms with Crippen molar-refractivity contribution in [2.75, 3.05) is 32.7 Å². The van der Waals surface area contributed by atoms with Crippen LogP contribution in [0.25, 0.3) is 0 Å². The maximum absolute atomic E-state index is 12.5. The fourth-order valence-electron chi connectivity index (χ4n) is 2.77. The second-order valence-electron chi connectivity index (χ2n) is 7.65. The van der Waals surface area contributed by atoms with Gasteiger partial charge in [-0.25, -0.2) is 4.79 Å². The van der Waals surface area contributed by atoms with E-state index in [1.807, 2.05) is 19.9 Å². The second-order valence-corrected chi connectivity index (χ2v) is 7.65. The number of amides is 3. The van der Waals surface area contributed by atoms with Crippen LogP contribution in [0.4, 0.5) is 4.79 Å². The van der Waals surface area contributed by atoms with Crippen molar-refractivity contribution >= 4 is 11.9 Å². The summed E-state index contributed by atoms with van der Waals surface area (Å²) in [6, 6.07) is 1.07. The van der Waals surface area contributed by atoms with Crippen molar-refractivity contribution in [2.24, 2.45) is 5.92 Å². The summed E-state index contributed by atoms with van der Waals surface area (Å²) in [4.78, 5) is 28.7. The predicted octanol–water partition coefficient (Wildman–Crippen LogP) is 1.17. The van der Waals surface area contributed by atoms with E-state index < -0.39 is 6.04 Å². The van der Waals surface area contributed by atoms with Crippen LogP contribution in [0.1, 0.15) is 41.0 Å². The zero-order chi connectivity index (χ0) is 18.3. The molecule has 7 nitrogen and oxygen atoms in total. The minimum atomic E-state index is -0.605. The number of hydrogen-bond acceptors (Lipinski definition) is 4. The molecule has 1 rings (SSSR count). The molecule has 0 spiro atoms. The molecule has 0 aromatic rings. The summed E-state index contributed by atoms with van der Waals surface area (Å²) in [6.45, 7) is 13.4. The Bertz CT molecular complexity index is 470. The maximum Gasteiger partial charge on any atom is 0.318 e. The van der Waals surface area contributed by atoms with Crippen LogP contribution in [0, 0.1) is 17.2 Å². The lowest BCUT2D eigenvalue weighted by Crippen LogP contribution is -2.58. The minimum Gasteiger partial charge on any atom is -0.341 e. The lowest BCUT2D eigenvalue weighted by atomic mass is 10.0. The van der Waals surface area contributed by atoms with E-state index in [2.05, 4.69) is 36.3 Å². The third-order valence-electron chi connectivity index (χ3n) is 4.18. The van der Waals surface area contributed by atoms with Gasteiger partial charge in [0.05, 0.1) is 6.07 Å². The van der Waals surface area contributed by atoms with E-state index in [1.54, 1.807) is 4.90 Å². The molecule has 3 amide bonds. The molecule has 7 heteroatoms. The summed E-state index contributed by atoms with van der Waals surface area (Å²) in [7, 11) is 0. The number of hydrogen-bond donors (Lipinski definition) is 2. The van der Waals surface area contributed by atoms with Crippen LogP contribution in [-0.4, -0.2) is 66.0 Å². The van der Waals surface area contributed by atoms with Crippen molar-refractivity contribution in [1.29, 1.82) is 5.26 Å². The molecule has 0 bridgehead atoms. The topological polar surface area (TPSA) is 88.5 Å². The third-order valence-corrected chi connectivity index (χ3v) is 4.18. The number of piperazine rings is 1. The molecule has 0 unspecified atom stereocenters. The Labute approximate surface area is 145 Å². The van der Waals surface area contributed by atoms with Crippen LogP contribution in [0.3, 0.4) is 0 Å². The molecule has 1 saturated heterocycles. The molecule has 1 atom stereocenters. The Morgan fingerprint density at radius 3 is 2.21 bits per heavy atom. The van der Waals surface area contributed by atoms with E-state index in [0.717, 1.165) is 13.1 Å². The minimum absolute atomic E-state index is 0.0481. The number of urea groups is 1. The van der Waals surface area contributed by atoms with Gasteiger partial charge in [-0.1, -0.05) is 13.8 Å². The smallest absolute Gasteiger partial charge is 0.318 e. The van der Waals surface area contributed by atoms with Crippen molar-refractivity contribution in [1.82, 2.24) is 20.4 Å². The van der Waals surface area contributed by atoms with Gasteiger partial charge < -0.3 is 15.5 Å². The first-order valence-electron chi connectivity index (χ1n) is 8.60. The molecule has 0 aromatic carbocycles. The Morgan fingerprint density at radius 2 is 1.75 bits per heavy atom. The van der Waals surface area contributed by atoms with Gasteiger partial charge >= 0.3 is 6.03 Å². The van der Waals surface area contributed by atoms with Crippen LogP contribution >= 0.6 is 0 Å². The van der Waals surface area contributed by atoms with Crippen molar-refractivity contribution in [3.05, 3.63) is 0 Å². The first-order chi connectivity index (χ1) is 11.1. The number of carbonyl (C=O) groups is 2. The highest BCUT2D eigenvalue weighted by molar-refractivity contribution is 5.87. The van der Waals surface area contributed by atoms with E-state index in [-0.39, 0.29) is 29.9 Å². The number of carbonyl (C=O) groups excluding carboxylic acids is 2. The van der Waals surface area contributed by atoms with E-state index in [4.69, 9.17) is 5.26 Å². The average Bonchev–Trinajstić information content (AvgIpc) is 2.50. The lowest BCUT2D eigenvalue weighted by Gasteiger charge is -2.42. The van der Waals surface area contributed by atoms with Crippen molar-refractivity contribution in [2.45, 2.75) is 52.6 Å². The fourth-order valence-corrected chi connectivity index (χ4v) is 2.77.